The summed E-state index contributed by atoms with van der Waals surface area (Å²) < 4.78 is 2.33. The van der Waals surface area contributed by atoms with E-state index in [1.807, 2.05) is 0 Å². The number of rotatable bonds is 1. The number of aliphatic carboxylic acids is 1. The fourth-order valence-corrected chi connectivity index (χ4v) is 3.33. The minimum Gasteiger partial charge on any atom is -0.481 e. The van der Waals surface area contributed by atoms with Crippen LogP contribution in [0.15, 0.2) is 0 Å². The Morgan fingerprint density at radius 1 is 1.33 bits per heavy atom. The predicted molar refractivity (Wildman–Crippen MR) is 53.0 cm³/mol. The van der Waals surface area contributed by atoms with Crippen molar-refractivity contribution in [2.24, 2.45) is 5.92 Å². The Hall–Kier alpha value is 0.160. The van der Waals surface area contributed by atoms with Gasteiger partial charge in [-0.3, -0.25) is 4.79 Å². The lowest BCUT2D eigenvalue weighted by Crippen LogP contribution is -2.38. The highest BCUT2D eigenvalue weighted by Gasteiger charge is 2.41. The Morgan fingerprint density at radius 3 is 2.25 bits per heavy atom. The van der Waals surface area contributed by atoms with Crippen LogP contribution in [0.25, 0.3) is 0 Å². The molecule has 0 aromatic carbocycles. The molecule has 2 rings (SSSR count). The number of fused-ring (bicyclic) bond motifs is 2. The summed E-state index contributed by atoms with van der Waals surface area (Å²) in [6.07, 6.45) is 4.10. The number of hydrogen-bond donors (Lipinski definition) is 1. The first kappa shape index (κ1) is 8.74. The van der Waals surface area contributed by atoms with Crippen LogP contribution in [0.1, 0.15) is 25.7 Å². The van der Waals surface area contributed by atoms with Gasteiger partial charge in [0.15, 0.2) is 0 Å². The molecule has 0 radical (unpaired) electrons. The fourth-order valence-electron chi connectivity index (χ4n) is 2.32. The number of piperidine rings is 1. The molecule has 2 saturated heterocycles. The van der Waals surface area contributed by atoms with Gasteiger partial charge in [0.2, 0.25) is 0 Å². The fraction of sp³-hybridized carbons (Fsp3) is 0.875. The smallest absolute Gasteiger partial charge is 0.306 e. The molecule has 3 nitrogen and oxygen atoms in total. The first-order valence-corrected chi connectivity index (χ1v) is 5.32. The van der Waals surface area contributed by atoms with Crippen LogP contribution < -0.4 is 0 Å². The second-order valence-electron chi connectivity index (χ2n) is 3.74. The third-order valence-corrected chi connectivity index (χ3v) is 4.57. The zero-order valence-corrected chi connectivity index (χ0v) is 8.90. The molecule has 0 saturated carbocycles. The highest BCUT2D eigenvalue weighted by Crippen LogP contribution is 2.40. The van der Waals surface area contributed by atoms with E-state index in [-0.39, 0.29) is 5.92 Å². The second kappa shape index (κ2) is 3.14. The van der Waals surface area contributed by atoms with E-state index in [0.29, 0.717) is 12.1 Å². The van der Waals surface area contributed by atoms with Crippen molar-refractivity contribution in [2.45, 2.75) is 37.8 Å². The molecular formula is C8H12INO2. The maximum atomic E-state index is 10.8. The molecule has 12 heavy (non-hydrogen) atoms. The van der Waals surface area contributed by atoms with Crippen LogP contribution in [0.5, 0.6) is 0 Å². The van der Waals surface area contributed by atoms with Crippen molar-refractivity contribution in [3.05, 3.63) is 0 Å². The summed E-state index contributed by atoms with van der Waals surface area (Å²) in [5.41, 5.74) is 0. The van der Waals surface area contributed by atoms with Crippen LogP contribution in [0.4, 0.5) is 0 Å². The molecule has 1 N–H and O–H groups in total. The van der Waals surface area contributed by atoms with E-state index in [0.717, 1.165) is 12.8 Å². The first-order chi connectivity index (χ1) is 5.68. The molecule has 0 aromatic heterocycles. The number of nitrogens with zero attached hydrogens (tertiary/aromatic N) is 1. The summed E-state index contributed by atoms with van der Waals surface area (Å²) in [6.45, 7) is 0. The van der Waals surface area contributed by atoms with E-state index >= 15 is 0 Å². The van der Waals surface area contributed by atoms with E-state index in [4.69, 9.17) is 5.11 Å². The molecule has 0 spiro atoms. The summed E-state index contributed by atoms with van der Waals surface area (Å²) in [4.78, 5) is 10.8. The van der Waals surface area contributed by atoms with Crippen molar-refractivity contribution in [3.63, 3.8) is 0 Å². The normalized spacial score (nSPS) is 41.6. The van der Waals surface area contributed by atoms with Crippen molar-refractivity contribution in [3.8, 4) is 0 Å². The minimum atomic E-state index is -0.601. The first-order valence-electron chi connectivity index (χ1n) is 4.35. The summed E-state index contributed by atoms with van der Waals surface area (Å²) >= 11 is 2.35. The van der Waals surface area contributed by atoms with Gasteiger partial charge in [0.25, 0.3) is 0 Å². The maximum absolute atomic E-state index is 10.8. The molecule has 4 heteroatoms. The van der Waals surface area contributed by atoms with Crippen molar-refractivity contribution in [1.29, 1.82) is 0 Å². The van der Waals surface area contributed by atoms with Gasteiger partial charge in [0.05, 0.1) is 5.92 Å². The van der Waals surface area contributed by atoms with Gasteiger partial charge in [-0.15, -0.1) is 0 Å². The van der Waals surface area contributed by atoms with Crippen molar-refractivity contribution < 1.29 is 9.90 Å². The van der Waals surface area contributed by atoms with Crippen LogP contribution in [0.2, 0.25) is 0 Å². The molecule has 2 bridgehead atoms. The van der Waals surface area contributed by atoms with Gasteiger partial charge in [0.1, 0.15) is 0 Å². The van der Waals surface area contributed by atoms with Gasteiger partial charge in [0, 0.05) is 34.9 Å². The van der Waals surface area contributed by atoms with E-state index < -0.39 is 5.97 Å². The van der Waals surface area contributed by atoms with Gasteiger partial charge in [-0.05, 0) is 25.7 Å². The Bertz CT molecular complexity index is 195. The van der Waals surface area contributed by atoms with Crippen LogP contribution in [0.3, 0.4) is 0 Å². The predicted octanol–water partition coefficient (Wildman–Crippen LogP) is 1.66. The van der Waals surface area contributed by atoms with E-state index in [2.05, 4.69) is 26.0 Å². The molecule has 0 aromatic rings. The monoisotopic (exact) mass is 281 g/mol. The standard InChI is InChI=1S/C8H12INO2/c9-10-6-1-2-7(10)4-5(3-6)8(11)12/h5-7H,1-4H2,(H,11,12). The molecule has 2 heterocycles. The van der Waals surface area contributed by atoms with E-state index in [1.165, 1.54) is 12.8 Å². The SMILES string of the molecule is O=C(O)C1CC2CCC(C1)N2I. The molecule has 2 fully saturated rings. The maximum Gasteiger partial charge on any atom is 0.306 e. The number of carboxylic acid groups (broad SMARTS) is 1. The van der Waals surface area contributed by atoms with Gasteiger partial charge >= 0.3 is 5.97 Å². The van der Waals surface area contributed by atoms with Gasteiger partial charge in [-0.25, -0.2) is 3.11 Å². The summed E-state index contributed by atoms with van der Waals surface area (Å²) in [7, 11) is 0. The zero-order valence-electron chi connectivity index (χ0n) is 6.74. The van der Waals surface area contributed by atoms with Gasteiger partial charge in [-0.2, -0.15) is 0 Å². The van der Waals surface area contributed by atoms with Crippen molar-refractivity contribution in [1.82, 2.24) is 3.11 Å². The van der Waals surface area contributed by atoms with Crippen LogP contribution >= 0.6 is 22.9 Å². The average molecular weight is 281 g/mol. The molecular weight excluding hydrogens is 269 g/mol. The highest BCUT2D eigenvalue weighted by atomic mass is 127. The molecule has 68 valence electrons. The summed E-state index contributed by atoms with van der Waals surface area (Å²) in [5.74, 6) is -0.676. The molecule has 2 aliphatic rings. The van der Waals surface area contributed by atoms with Crippen LogP contribution in [0, 0.1) is 5.92 Å². The van der Waals surface area contributed by atoms with Crippen molar-refractivity contribution >= 4 is 28.8 Å². The number of carbonyl (C=O) groups is 1. The molecule has 0 aliphatic carbocycles. The van der Waals surface area contributed by atoms with E-state index in [1.54, 1.807) is 0 Å². The minimum absolute atomic E-state index is 0.0754. The summed E-state index contributed by atoms with van der Waals surface area (Å²) in [6, 6.07) is 1.07. The van der Waals surface area contributed by atoms with Crippen LogP contribution in [-0.4, -0.2) is 26.3 Å². The largest absolute Gasteiger partial charge is 0.481 e. The van der Waals surface area contributed by atoms with Gasteiger partial charge < -0.3 is 5.11 Å². The third kappa shape index (κ3) is 1.35. The molecule has 2 aliphatic heterocycles. The molecule has 0 amide bonds. The molecule has 2 atom stereocenters. The van der Waals surface area contributed by atoms with Crippen molar-refractivity contribution in [2.75, 3.05) is 0 Å². The van der Waals surface area contributed by atoms with Gasteiger partial charge in [-0.1, -0.05) is 0 Å². The number of carboxylic acids is 1. The highest BCUT2D eigenvalue weighted by molar-refractivity contribution is 14.1. The average Bonchev–Trinajstić information content (AvgIpc) is 2.30. The quantitative estimate of drug-likeness (QED) is 0.587. The third-order valence-electron chi connectivity index (χ3n) is 2.99. The lowest BCUT2D eigenvalue weighted by atomic mass is 9.93. The van der Waals surface area contributed by atoms with E-state index in [9.17, 15) is 4.79 Å². The second-order valence-corrected chi connectivity index (χ2v) is 4.85. The van der Waals surface area contributed by atoms with Crippen LogP contribution in [-0.2, 0) is 4.79 Å². The Kier molecular flexibility index (Phi) is 2.29. The Balaban J connectivity index is 2.07. The number of hydrogen-bond acceptors (Lipinski definition) is 2. The summed E-state index contributed by atoms with van der Waals surface area (Å²) in [5, 5.41) is 8.87. The lowest BCUT2D eigenvalue weighted by Gasteiger charge is -2.32. The molecule has 2 unspecified atom stereocenters. The lowest BCUT2D eigenvalue weighted by molar-refractivity contribution is -0.143. The zero-order chi connectivity index (χ0) is 8.72. The Morgan fingerprint density at radius 2 is 1.83 bits per heavy atom. The number of halogens is 1. The topological polar surface area (TPSA) is 40.5 Å². The Labute approximate surface area is 85.6 Å².